The lowest BCUT2D eigenvalue weighted by Gasteiger charge is -2.25. The Morgan fingerprint density at radius 1 is 1.00 bits per heavy atom. The smallest absolute Gasteiger partial charge is 0.295 e. The largest absolute Gasteiger partial charge is 0.497 e. The first kappa shape index (κ1) is 23.6. The van der Waals surface area contributed by atoms with Gasteiger partial charge in [-0.25, -0.2) is 4.39 Å². The van der Waals surface area contributed by atoms with E-state index in [9.17, 15) is 14.0 Å². The van der Waals surface area contributed by atoms with Crippen LogP contribution < -0.4 is 19.8 Å². The summed E-state index contributed by atoms with van der Waals surface area (Å²) in [6.45, 7) is 4.80. The number of hydrogen-bond acceptors (Lipinski definition) is 5. The molecule has 5 rings (SSSR count). The van der Waals surface area contributed by atoms with E-state index >= 15 is 0 Å². The maximum absolute atomic E-state index is 14.0. The zero-order valence-corrected chi connectivity index (χ0v) is 20.3. The molecule has 0 fully saturated rings. The van der Waals surface area contributed by atoms with Crippen molar-refractivity contribution in [1.82, 2.24) is 0 Å². The van der Waals surface area contributed by atoms with Gasteiger partial charge in [0.1, 0.15) is 22.9 Å². The topological polar surface area (TPSA) is 69.0 Å². The molecule has 0 aliphatic carbocycles. The second kappa shape index (κ2) is 9.49. The minimum absolute atomic E-state index is 0.0499. The van der Waals surface area contributed by atoms with Gasteiger partial charge in [-0.05, 0) is 72.5 Å². The standard InChI is InChI=1S/C29H26FNO5/c1-17(2)13-14-35-22-6-4-5-18(15-22)26-25-27(32)23-16-19(30)7-12-24(23)36-28(25)29(33)31(26)20-8-10-21(34-3)11-9-20/h4-12,15-17,26H,13-14H2,1-3H3. The average Bonchev–Trinajstić information content (AvgIpc) is 3.17. The molecule has 1 atom stereocenters. The number of halogens is 1. The van der Waals surface area contributed by atoms with Crippen molar-refractivity contribution in [2.75, 3.05) is 18.6 Å². The Balaban J connectivity index is 1.67. The predicted molar refractivity (Wildman–Crippen MR) is 135 cm³/mol. The molecular weight excluding hydrogens is 461 g/mol. The summed E-state index contributed by atoms with van der Waals surface area (Å²) >= 11 is 0. The van der Waals surface area contributed by atoms with Crippen molar-refractivity contribution in [1.29, 1.82) is 0 Å². The van der Waals surface area contributed by atoms with Gasteiger partial charge in [0.15, 0.2) is 5.43 Å². The van der Waals surface area contributed by atoms with Gasteiger partial charge in [0.05, 0.1) is 30.7 Å². The highest BCUT2D eigenvalue weighted by molar-refractivity contribution is 6.10. The highest BCUT2D eigenvalue weighted by Gasteiger charge is 2.43. The van der Waals surface area contributed by atoms with E-state index in [1.54, 1.807) is 31.4 Å². The monoisotopic (exact) mass is 487 g/mol. The zero-order chi connectivity index (χ0) is 25.4. The number of carbonyl (C=O) groups is 1. The van der Waals surface area contributed by atoms with Crippen LogP contribution in [0.1, 0.15) is 48.0 Å². The van der Waals surface area contributed by atoms with Crippen molar-refractivity contribution in [3.8, 4) is 11.5 Å². The zero-order valence-electron chi connectivity index (χ0n) is 20.3. The molecule has 3 aromatic carbocycles. The van der Waals surface area contributed by atoms with Crippen molar-refractivity contribution in [2.45, 2.75) is 26.3 Å². The highest BCUT2D eigenvalue weighted by Crippen LogP contribution is 2.42. The first-order valence-corrected chi connectivity index (χ1v) is 11.8. The number of nitrogens with zero attached hydrogens (tertiary/aromatic N) is 1. The minimum atomic E-state index is -0.779. The molecule has 0 bridgehead atoms. The van der Waals surface area contributed by atoms with Crippen LogP contribution >= 0.6 is 0 Å². The van der Waals surface area contributed by atoms with Crippen LogP contribution in [0.3, 0.4) is 0 Å². The molecule has 1 aliphatic rings. The van der Waals surface area contributed by atoms with E-state index in [0.29, 0.717) is 35.3 Å². The number of hydrogen-bond donors (Lipinski definition) is 0. The molecule has 1 aromatic heterocycles. The van der Waals surface area contributed by atoms with E-state index in [-0.39, 0.29) is 22.3 Å². The molecule has 1 aliphatic heterocycles. The number of rotatable bonds is 7. The van der Waals surface area contributed by atoms with Crippen molar-refractivity contribution >= 4 is 22.6 Å². The summed E-state index contributed by atoms with van der Waals surface area (Å²) in [7, 11) is 1.56. The third-order valence-electron chi connectivity index (χ3n) is 6.32. The molecule has 0 radical (unpaired) electrons. The van der Waals surface area contributed by atoms with Gasteiger partial charge in [0.25, 0.3) is 5.91 Å². The quantitative estimate of drug-likeness (QED) is 0.314. The number of fused-ring (bicyclic) bond motifs is 2. The lowest BCUT2D eigenvalue weighted by molar-refractivity contribution is 0.0971. The van der Waals surface area contributed by atoms with Gasteiger partial charge in [0, 0.05) is 5.69 Å². The first-order valence-electron chi connectivity index (χ1n) is 11.8. The van der Waals surface area contributed by atoms with Gasteiger partial charge in [-0.3, -0.25) is 14.5 Å². The van der Waals surface area contributed by atoms with Crippen LogP contribution in [0.25, 0.3) is 11.0 Å². The summed E-state index contributed by atoms with van der Waals surface area (Å²) in [4.78, 5) is 28.9. The van der Waals surface area contributed by atoms with Gasteiger partial charge < -0.3 is 13.9 Å². The van der Waals surface area contributed by atoms with Gasteiger partial charge in [-0.15, -0.1) is 0 Å². The summed E-state index contributed by atoms with van der Waals surface area (Å²) < 4.78 is 31.1. The highest BCUT2D eigenvalue weighted by atomic mass is 19.1. The van der Waals surface area contributed by atoms with E-state index in [1.165, 1.54) is 17.0 Å². The maximum Gasteiger partial charge on any atom is 0.295 e. The molecular formula is C29H26FNO5. The van der Waals surface area contributed by atoms with Crippen molar-refractivity contribution in [3.63, 3.8) is 0 Å². The van der Waals surface area contributed by atoms with Crippen molar-refractivity contribution < 1.29 is 23.1 Å². The fourth-order valence-corrected chi connectivity index (χ4v) is 4.46. The molecule has 1 amide bonds. The molecule has 7 heteroatoms. The Labute approximate surface area is 207 Å². The van der Waals surface area contributed by atoms with Gasteiger partial charge >= 0.3 is 0 Å². The molecule has 0 N–H and O–H groups in total. The molecule has 0 saturated carbocycles. The summed E-state index contributed by atoms with van der Waals surface area (Å²) in [5, 5.41) is 0.0902. The Morgan fingerprint density at radius 3 is 2.50 bits per heavy atom. The molecule has 2 heterocycles. The summed E-state index contributed by atoms with van der Waals surface area (Å²) in [5.41, 5.74) is 1.15. The van der Waals surface area contributed by atoms with E-state index in [4.69, 9.17) is 13.9 Å². The number of ether oxygens (including phenoxy) is 2. The second-order valence-corrected chi connectivity index (χ2v) is 9.19. The number of anilines is 1. The lowest BCUT2D eigenvalue weighted by atomic mass is 9.98. The Morgan fingerprint density at radius 2 is 1.78 bits per heavy atom. The normalized spacial score (nSPS) is 15.0. The van der Waals surface area contributed by atoms with Crippen molar-refractivity contribution in [2.24, 2.45) is 5.92 Å². The SMILES string of the molecule is COc1ccc(N2C(=O)c3oc4ccc(F)cc4c(=O)c3C2c2cccc(OCCC(C)C)c2)cc1. The Bertz CT molecular complexity index is 1490. The third-order valence-corrected chi connectivity index (χ3v) is 6.32. The fourth-order valence-electron chi connectivity index (χ4n) is 4.46. The molecule has 36 heavy (non-hydrogen) atoms. The first-order chi connectivity index (χ1) is 17.4. The van der Waals surface area contributed by atoms with E-state index in [0.717, 1.165) is 12.5 Å². The summed E-state index contributed by atoms with van der Waals surface area (Å²) in [5.74, 6) is 0.718. The Hall–Kier alpha value is -4.13. The van der Waals surface area contributed by atoms with Crippen molar-refractivity contribution in [3.05, 3.63) is 99.7 Å². The lowest BCUT2D eigenvalue weighted by Crippen LogP contribution is -2.29. The summed E-state index contributed by atoms with van der Waals surface area (Å²) in [6, 6.07) is 17.3. The van der Waals surface area contributed by atoms with Crippen LogP contribution in [0.15, 0.2) is 75.9 Å². The second-order valence-electron chi connectivity index (χ2n) is 9.19. The van der Waals surface area contributed by atoms with Crippen LogP contribution in [0.2, 0.25) is 0 Å². The number of amides is 1. The molecule has 0 saturated heterocycles. The van der Waals surface area contributed by atoms with Gasteiger partial charge in [-0.2, -0.15) is 0 Å². The van der Waals surface area contributed by atoms with Crippen LogP contribution in [0, 0.1) is 11.7 Å². The van der Waals surface area contributed by atoms with Crippen LogP contribution in [0.5, 0.6) is 11.5 Å². The maximum atomic E-state index is 14.0. The molecule has 184 valence electrons. The van der Waals surface area contributed by atoms with Crippen LogP contribution in [-0.2, 0) is 0 Å². The average molecular weight is 488 g/mol. The number of carbonyl (C=O) groups excluding carboxylic acids is 1. The number of benzene rings is 3. The molecule has 6 nitrogen and oxygen atoms in total. The third kappa shape index (κ3) is 4.21. The van der Waals surface area contributed by atoms with Crippen LogP contribution in [0.4, 0.5) is 10.1 Å². The molecule has 4 aromatic rings. The van der Waals surface area contributed by atoms with E-state index in [1.807, 2.05) is 24.3 Å². The fraction of sp³-hybridized carbons (Fsp3) is 0.241. The summed E-state index contributed by atoms with van der Waals surface area (Å²) in [6.07, 6.45) is 0.897. The molecule has 0 spiro atoms. The number of methoxy groups -OCH3 is 1. The molecule has 1 unspecified atom stereocenters. The Kier molecular flexibility index (Phi) is 6.22. The minimum Gasteiger partial charge on any atom is -0.497 e. The van der Waals surface area contributed by atoms with Crippen LogP contribution in [-0.4, -0.2) is 19.6 Å². The predicted octanol–water partition coefficient (Wildman–Crippen LogP) is 6.12. The van der Waals surface area contributed by atoms with Gasteiger partial charge in [0.2, 0.25) is 5.76 Å². The van der Waals surface area contributed by atoms with Gasteiger partial charge in [-0.1, -0.05) is 26.0 Å². The van der Waals surface area contributed by atoms with E-state index in [2.05, 4.69) is 13.8 Å². The van der Waals surface area contributed by atoms with E-state index < -0.39 is 23.2 Å².